The van der Waals surface area contributed by atoms with Gasteiger partial charge in [-0.15, -0.1) is 11.3 Å². The van der Waals surface area contributed by atoms with E-state index >= 15 is 0 Å². The minimum atomic E-state index is -0.211. The Morgan fingerprint density at radius 3 is 2.57 bits per heavy atom. The molecule has 6 heteroatoms. The Bertz CT molecular complexity index is 1220. The second kappa shape index (κ2) is 9.26. The van der Waals surface area contributed by atoms with Crippen LogP contribution in [-0.2, 0) is 4.79 Å². The summed E-state index contributed by atoms with van der Waals surface area (Å²) in [5.41, 5.74) is 4.27. The molecule has 148 valence electrons. The fourth-order valence-electron chi connectivity index (χ4n) is 2.85. The van der Waals surface area contributed by atoms with E-state index in [1.807, 2.05) is 66.0 Å². The second-order valence-electron chi connectivity index (χ2n) is 6.47. The van der Waals surface area contributed by atoms with Crippen LogP contribution in [-0.4, -0.2) is 10.9 Å². The summed E-state index contributed by atoms with van der Waals surface area (Å²) in [5, 5.41) is 7.06. The maximum Gasteiger partial charge on any atom is 0.248 e. The molecule has 0 saturated heterocycles. The van der Waals surface area contributed by atoms with Crippen molar-refractivity contribution < 1.29 is 4.79 Å². The number of amides is 1. The van der Waals surface area contributed by atoms with E-state index in [1.54, 1.807) is 18.2 Å². The maximum absolute atomic E-state index is 12.3. The molecule has 4 rings (SSSR count). The minimum Gasteiger partial charge on any atom is -0.322 e. The Kier molecular flexibility index (Phi) is 6.29. The van der Waals surface area contributed by atoms with Gasteiger partial charge in [0.25, 0.3) is 0 Å². The van der Waals surface area contributed by atoms with Crippen LogP contribution >= 0.6 is 34.5 Å². The van der Waals surface area contributed by atoms with E-state index in [2.05, 4.69) is 5.32 Å². The molecule has 0 saturated carbocycles. The lowest BCUT2D eigenvalue weighted by atomic mass is 10.1. The molecule has 0 radical (unpaired) electrons. The number of rotatable bonds is 5. The van der Waals surface area contributed by atoms with Crippen molar-refractivity contribution in [3.05, 3.63) is 99.9 Å². The number of carbonyl (C=O) groups excluding carboxylic acids is 1. The number of carbonyl (C=O) groups is 1. The molecule has 0 aliphatic heterocycles. The van der Waals surface area contributed by atoms with Crippen molar-refractivity contribution >= 4 is 52.2 Å². The number of aromatic nitrogens is 1. The largest absolute Gasteiger partial charge is 0.322 e. The van der Waals surface area contributed by atoms with Gasteiger partial charge in [-0.3, -0.25) is 4.79 Å². The summed E-state index contributed by atoms with van der Waals surface area (Å²) in [7, 11) is 0. The summed E-state index contributed by atoms with van der Waals surface area (Å²) in [6.45, 7) is 0. The molecule has 1 N–H and O–H groups in total. The number of halogens is 2. The van der Waals surface area contributed by atoms with E-state index in [1.165, 1.54) is 17.4 Å². The van der Waals surface area contributed by atoms with Gasteiger partial charge >= 0.3 is 0 Å². The van der Waals surface area contributed by atoms with Crippen LogP contribution in [0, 0.1) is 0 Å². The lowest BCUT2D eigenvalue weighted by Gasteiger charge is -2.04. The molecular formula is C24H16Cl2N2OS. The molecule has 1 amide bonds. The molecule has 0 spiro atoms. The van der Waals surface area contributed by atoms with E-state index in [0.717, 1.165) is 27.4 Å². The Hall–Kier alpha value is -2.92. The van der Waals surface area contributed by atoms with Crippen molar-refractivity contribution in [2.24, 2.45) is 0 Å². The first kappa shape index (κ1) is 20.4. The van der Waals surface area contributed by atoms with Crippen molar-refractivity contribution in [3.8, 4) is 21.8 Å². The van der Waals surface area contributed by atoms with E-state index in [4.69, 9.17) is 28.2 Å². The van der Waals surface area contributed by atoms with Gasteiger partial charge in [0.15, 0.2) is 0 Å². The average molecular weight is 451 g/mol. The monoisotopic (exact) mass is 450 g/mol. The molecule has 0 atom stereocenters. The van der Waals surface area contributed by atoms with Gasteiger partial charge in [-0.1, -0.05) is 65.7 Å². The molecule has 4 aromatic rings. The highest BCUT2D eigenvalue weighted by Crippen LogP contribution is 2.33. The van der Waals surface area contributed by atoms with Crippen LogP contribution in [0.15, 0.2) is 84.3 Å². The molecule has 0 aliphatic carbocycles. The summed E-state index contributed by atoms with van der Waals surface area (Å²) in [4.78, 5) is 17.0. The van der Waals surface area contributed by atoms with Gasteiger partial charge in [-0.05, 0) is 42.0 Å². The van der Waals surface area contributed by atoms with Gasteiger partial charge in [0, 0.05) is 33.3 Å². The zero-order chi connectivity index (χ0) is 20.9. The van der Waals surface area contributed by atoms with Crippen LogP contribution in [0.3, 0.4) is 0 Å². The van der Waals surface area contributed by atoms with Crippen LogP contribution in [0.2, 0.25) is 10.0 Å². The molecule has 1 aromatic heterocycles. The normalized spacial score (nSPS) is 11.0. The highest BCUT2D eigenvalue weighted by Gasteiger charge is 2.10. The Morgan fingerprint density at radius 1 is 0.967 bits per heavy atom. The van der Waals surface area contributed by atoms with E-state index in [-0.39, 0.29) is 5.91 Å². The third-order valence-electron chi connectivity index (χ3n) is 4.33. The Balaban J connectivity index is 1.48. The molecule has 0 bridgehead atoms. The van der Waals surface area contributed by atoms with Crippen molar-refractivity contribution in [2.75, 3.05) is 5.32 Å². The Morgan fingerprint density at radius 2 is 1.77 bits per heavy atom. The van der Waals surface area contributed by atoms with Crippen molar-refractivity contribution in [3.63, 3.8) is 0 Å². The molecule has 0 unspecified atom stereocenters. The molecule has 0 aliphatic rings. The lowest BCUT2D eigenvalue weighted by Crippen LogP contribution is -2.07. The fraction of sp³-hybridized carbons (Fsp3) is 0. The summed E-state index contributed by atoms with van der Waals surface area (Å²) < 4.78 is 0. The van der Waals surface area contributed by atoms with Crippen LogP contribution in [0.5, 0.6) is 0 Å². The second-order valence-corrected chi connectivity index (χ2v) is 8.17. The number of nitrogens with one attached hydrogen (secondary N) is 1. The summed E-state index contributed by atoms with van der Waals surface area (Å²) in [6, 6.07) is 22.5. The lowest BCUT2D eigenvalue weighted by molar-refractivity contribution is -0.111. The third kappa shape index (κ3) is 4.97. The Labute approximate surface area is 188 Å². The summed E-state index contributed by atoms with van der Waals surface area (Å²) in [6.07, 6.45) is 3.24. The van der Waals surface area contributed by atoms with Gasteiger partial charge in [0.2, 0.25) is 5.91 Å². The zero-order valence-electron chi connectivity index (χ0n) is 15.7. The topological polar surface area (TPSA) is 42.0 Å². The number of anilines is 1. The molecule has 0 fully saturated rings. The molecule has 3 aromatic carbocycles. The van der Waals surface area contributed by atoms with E-state index < -0.39 is 0 Å². The number of thiazole rings is 1. The quantitative estimate of drug-likeness (QED) is 0.321. The van der Waals surface area contributed by atoms with Crippen molar-refractivity contribution in [1.29, 1.82) is 0 Å². The molecule has 3 nitrogen and oxygen atoms in total. The third-order valence-corrected chi connectivity index (χ3v) is 5.79. The van der Waals surface area contributed by atoms with Gasteiger partial charge in [-0.2, -0.15) is 0 Å². The van der Waals surface area contributed by atoms with E-state index in [0.29, 0.717) is 15.7 Å². The average Bonchev–Trinajstić information content (AvgIpc) is 3.24. The smallest absolute Gasteiger partial charge is 0.248 e. The zero-order valence-corrected chi connectivity index (χ0v) is 18.0. The summed E-state index contributed by atoms with van der Waals surface area (Å²) >= 11 is 13.7. The predicted octanol–water partition coefficient (Wildman–Crippen LogP) is 7.44. The first-order valence-corrected chi connectivity index (χ1v) is 10.8. The van der Waals surface area contributed by atoms with Crippen LogP contribution in [0.1, 0.15) is 5.56 Å². The SMILES string of the molecule is O=C(/C=C/c1ccc(Cl)cc1)Nc1cccc(-c2csc(-c3ccccc3Cl)n2)c1. The summed E-state index contributed by atoms with van der Waals surface area (Å²) in [5.74, 6) is -0.211. The van der Waals surface area contributed by atoms with Crippen LogP contribution in [0.4, 0.5) is 5.69 Å². The number of hydrogen-bond donors (Lipinski definition) is 1. The van der Waals surface area contributed by atoms with Gasteiger partial charge in [0.05, 0.1) is 10.7 Å². The van der Waals surface area contributed by atoms with Crippen LogP contribution in [0.25, 0.3) is 27.9 Å². The first-order chi connectivity index (χ1) is 14.6. The predicted molar refractivity (Wildman–Crippen MR) is 127 cm³/mol. The first-order valence-electron chi connectivity index (χ1n) is 9.14. The minimum absolute atomic E-state index is 0.211. The fourth-order valence-corrected chi connectivity index (χ4v) is 4.13. The standard InChI is InChI=1S/C24H16Cl2N2OS/c25-18-11-8-16(9-12-18)10-13-23(29)27-19-5-3-4-17(14-19)22-15-30-24(28-22)20-6-1-2-7-21(20)26/h1-15H,(H,27,29)/b13-10+. The van der Waals surface area contributed by atoms with Crippen LogP contribution < -0.4 is 5.32 Å². The highest BCUT2D eigenvalue weighted by atomic mass is 35.5. The number of benzene rings is 3. The molecular weight excluding hydrogens is 435 g/mol. The van der Waals surface area contributed by atoms with E-state index in [9.17, 15) is 4.79 Å². The maximum atomic E-state index is 12.3. The highest BCUT2D eigenvalue weighted by molar-refractivity contribution is 7.13. The molecule has 1 heterocycles. The van der Waals surface area contributed by atoms with Crippen molar-refractivity contribution in [1.82, 2.24) is 4.98 Å². The van der Waals surface area contributed by atoms with Crippen molar-refractivity contribution in [2.45, 2.75) is 0 Å². The number of nitrogens with zero attached hydrogens (tertiary/aromatic N) is 1. The van der Waals surface area contributed by atoms with Gasteiger partial charge < -0.3 is 5.32 Å². The number of hydrogen-bond acceptors (Lipinski definition) is 3. The molecule has 30 heavy (non-hydrogen) atoms. The van der Waals surface area contributed by atoms with Gasteiger partial charge in [-0.25, -0.2) is 4.98 Å². The van der Waals surface area contributed by atoms with Gasteiger partial charge in [0.1, 0.15) is 5.01 Å².